The maximum atomic E-state index is 13.3. The van der Waals surface area contributed by atoms with E-state index >= 15 is 0 Å². The molecule has 36 heavy (non-hydrogen) atoms. The first-order chi connectivity index (χ1) is 17.7. The normalized spacial score (nSPS) is 15.9. The van der Waals surface area contributed by atoms with Gasteiger partial charge < -0.3 is 9.15 Å². The van der Waals surface area contributed by atoms with Crippen molar-refractivity contribution >= 4 is 35.1 Å². The summed E-state index contributed by atoms with van der Waals surface area (Å²) in [5, 5.41) is 9.09. The number of benzene rings is 3. The quantitative estimate of drug-likeness (QED) is 0.168. The maximum absolute atomic E-state index is 13.3. The molecule has 178 valence electrons. The summed E-state index contributed by atoms with van der Waals surface area (Å²) in [4.78, 5) is 15.5. The summed E-state index contributed by atoms with van der Waals surface area (Å²) in [5.74, 6) is 1.22. The number of para-hydroxylation sites is 1. The van der Waals surface area contributed by atoms with Gasteiger partial charge in [-0.25, -0.2) is 0 Å². The molecule has 1 saturated heterocycles. The van der Waals surface area contributed by atoms with Crippen molar-refractivity contribution in [1.29, 1.82) is 0 Å². The largest absolute Gasteiger partial charge is 0.496 e. The molecule has 0 saturated carbocycles. The molecule has 0 bridgehead atoms. The van der Waals surface area contributed by atoms with Crippen molar-refractivity contribution in [3.8, 4) is 16.9 Å². The molecule has 0 aliphatic carbocycles. The second-order valence-electron chi connectivity index (χ2n) is 7.94. The molecule has 1 aliphatic heterocycles. The second kappa shape index (κ2) is 10.9. The molecule has 0 spiro atoms. The van der Waals surface area contributed by atoms with Gasteiger partial charge in [0, 0.05) is 5.56 Å². The number of amides is 1. The zero-order valence-corrected chi connectivity index (χ0v) is 20.4. The van der Waals surface area contributed by atoms with Crippen molar-refractivity contribution in [1.82, 2.24) is 4.90 Å². The third-order valence-electron chi connectivity index (χ3n) is 5.58. The average molecular weight is 494 g/mol. The predicted octanol–water partition coefficient (Wildman–Crippen LogP) is 6.46. The number of thioether (sulfide) groups is 1. The predicted molar refractivity (Wildman–Crippen MR) is 145 cm³/mol. The lowest BCUT2D eigenvalue weighted by Gasteiger charge is -2.12. The van der Waals surface area contributed by atoms with Gasteiger partial charge in [0.15, 0.2) is 5.17 Å². The van der Waals surface area contributed by atoms with E-state index in [1.807, 2.05) is 66.7 Å². The van der Waals surface area contributed by atoms with E-state index in [1.165, 1.54) is 11.8 Å². The van der Waals surface area contributed by atoms with Crippen molar-refractivity contribution < 1.29 is 13.9 Å². The molecule has 1 amide bonds. The van der Waals surface area contributed by atoms with Crippen LogP contribution in [0.15, 0.2) is 117 Å². The third kappa shape index (κ3) is 5.31. The Bertz CT molecular complexity index is 1430. The number of methoxy groups -OCH3 is 1. The molecule has 5 rings (SSSR count). The van der Waals surface area contributed by atoms with Crippen molar-refractivity contribution in [2.24, 2.45) is 10.2 Å². The molecule has 3 aromatic carbocycles. The topological polar surface area (TPSA) is 67.4 Å². The van der Waals surface area contributed by atoms with Crippen molar-refractivity contribution in [3.63, 3.8) is 0 Å². The summed E-state index contributed by atoms with van der Waals surface area (Å²) >= 11 is 1.29. The van der Waals surface area contributed by atoms with Crippen LogP contribution in [0.3, 0.4) is 0 Å². The van der Waals surface area contributed by atoms with E-state index in [0.29, 0.717) is 21.6 Å². The van der Waals surface area contributed by atoms with Crippen LogP contribution in [0.5, 0.6) is 5.75 Å². The summed E-state index contributed by atoms with van der Waals surface area (Å²) < 4.78 is 10.8. The number of hydrogen-bond acceptors (Lipinski definition) is 6. The van der Waals surface area contributed by atoms with Gasteiger partial charge in [-0.3, -0.25) is 9.69 Å². The highest BCUT2D eigenvalue weighted by atomic mass is 32.2. The highest BCUT2D eigenvalue weighted by Crippen LogP contribution is 2.34. The van der Waals surface area contributed by atoms with Crippen LogP contribution in [0.2, 0.25) is 0 Å². The van der Waals surface area contributed by atoms with Crippen LogP contribution in [0, 0.1) is 0 Å². The lowest BCUT2D eigenvalue weighted by Crippen LogP contribution is -2.28. The van der Waals surface area contributed by atoms with Gasteiger partial charge in [-0.15, -0.1) is 5.10 Å². The van der Waals surface area contributed by atoms with Gasteiger partial charge in [0.05, 0.1) is 31.0 Å². The van der Waals surface area contributed by atoms with Gasteiger partial charge in [0.25, 0.3) is 5.91 Å². The zero-order chi connectivity index (χ0) is 24.7. The summed E-state index contributed by atoms with van der Waals surface area (Å²) in [5.41, 5.74) is 4.00. The van der Waals surface area contributed by atoms with Gasteiger partial charge in [0.2, 0.25) is 0 Å². The number of carbonyl (C=O) groups excluding carboxylic acids is 1. The molecule has 4 aromatic rings. The van der Waals surface area contributed by atoms with E-state index in [4.69, 9.17) is 9.15 Å². The van der Waals surface area contributed by atoms with Crippen LogP contribution < -0.4 is 4.74 Å². The Kier molecular flexibility index (Phi) is 7.10. The molecular weight excluding hydrogens is 470 g/mol. The van der Waals surface area contributed by atoms with Crippen LogP contribution in [0.1, 0.15) is 16.9 Å². The molecule has 7 heteroatoms. The number of hydrogen-bond donors (Lipinski definition) is 0. The number of nitrogens with zero attached hydrogens (tertiary/aromatic N) is 3. The van der Waals surface area contributed by atoms with E-state index in [-0.39, 0.29) is 12.5 Å². The zero-order valence-electron chi connectivity index (χ0n) is 19.6. The third-order valence-corrected chi connectivity index (χ3v) is 6.57. The number of amidine groups is 1. The van der Waals surface area contributed by atoms with Gasteiger partial charge in [-0.2, -0.15) is 5.10 Å². The number of furan rings is 1. The Balaban J connectivity index is 1.41. The first-order valence-electron chi connectivity index (χ1n) is 11.3. The second-order valence-corrected chi connectivity index (χ2v) is 8.95. The standard InChI is InChI=1S/C29H23N3O3S/c1-34-26-12-6-5-10-24(26)19-30-31-29-32(20-25-11-7-17-35-25)28(33)27(36-29)18-21-13-15-23(16-14-21)22-8-3-2-4-9-22/h2-19H,20H2,1H3/b27-18-,30-19-,31-29+. The number of ether oxygens (including phenoxy) is 1. The highest BCUT2D eigenvalue weighted by Gasteiger charge is 2.34. The minimum absolute atomic E-state index is 0.144. The highest BCUT2D eigenvalue weighted by molar-refractivity contribution is 8.18. The molecule has 1 aromatic heterocycles. The van der Waals surface area contributed by atoms with E-state index in [0.717, 1.165) is 22.3 Å². The molecule has 1 fully saturated rings. The van der Waals surface area contributed by atoms with Crippen LogP contribution >= 0.6 is 11.8 Å². The SMILES string of the molecule is COc1ccccc1/C=N\N=C1\S/C(=C\c2ccc(-c3ccccc3)cc2)C(=O)N1Cc1ccco1. The Morgan fingerprint density at radius 1 is 0.917 bits per heavy atom. The lowest BCUT2D eigenvalue weighted by molar-refractivity contribution is -0.122. The molecule has 2 heterocycles. The van der Waals surface area contributed by atoms with Crippen LogP contribution in [0.4, 0.5) is 0 Å². The molecule has 1 aliphatic rings. The van der Waals surface area contributed by atoms with Gasteiger partial charge in [-0.05, 0) is 58.8 Å². The van der Waals surface area contributed by atoms with Crippen LogP contribution in [0.25, 0.3) is 17.2 Å². The molecule has 0 atom stereocenters. The summed E-state index contributed by atoms with van der Waals surface area (Å²) in [6.07, 6.45) is 5.08. The molecule has 0 N–H and O–H groups in total. The maximum Gasteiger partial charge on any atom is 0.267 e. The summed E-state index contributed by atoms with van der Waals surface area (Å²) in [6, 6.07) is 29.5. The Morgan fingerprint density at radius 2 is 1.67 bits per heavy atom. The number of carbonyl (C=O) groups is 1. The monoisotopic (exact) mass is 493 g/mol. The van der Waals surface area contributed by atoms with Crippen LogP contribution in [-0.4, -0.2) is 29.3 Å². The fraction of sp³-hybridized carbons (Fsp3) is 0.0690. The first kappa shape index (κ1) is 23.4. The van der Waals surface area contributed by atoms with Gasteiger partial charge in [0.1, 0.15) is 11.5 Å². The molecule has 0 radical (unpaired) electrons. The molecule has 0 unspecified atom stereocenters. The fourth-order valence-corrected chi connectivity index (χ4v) is 4.68. The van der Waals surface area contributed by atoms with E-state index in [1.54, 1.807) is 30.6 Å². The first-order valence-corrected chi connectivity index (χ1v) is 12.2. The minimum Gasteiger partial charge on any atom is -0.496 e. The van der Waals surface area contributed by atoms with Crippen molar-refractivity contribution in [2.75, 3.05) is 7.11 Å². The Morgan fingerprint density at radius 3 is 2.42 bits per heavy atom. The van der Waals surface area contributed by atoms with Crippen molar-refractivity contribution in [2.45, 2.75) is 6.54 Å². The van der Waals surface area contributed by atoms with E-state index < -0.39 is 0 Å². The van der Waals surface area contributed by atoms with Gasteiger partial charge >= 0.3 is 0 Å². The van der Waals surface area contributed by atoms with Gasteiger partial charge in [-0.1, -0.05) is 66.7 Å². The van der Waals surface area contributed by atoms with E-state index in [9.17, 15) is 4.79 Å². The molecular formula is C29H23N3O3S. The summed E-state index contributed by atoms with van der Waals surface area (Å²) in [6.45, 7) is 0.270. The lowest BCUT2D eigenvalue weighted by atomic mass is 10.0. The van der Waals surface area contributed by atoms with Crippen LogP contribution in [-0.2, 0) is 11.3 Å². The minimum atomic E-state index is -0.144. The average Bonchev–Trinajstić information content (AvgIpc) is 3.54. The molecule has 6 nitrogen and oxygen atoms in total. The fourth-order valence-electron chi connectivity index (χ4n) is 3.75. The smallest absolute Gasteiger partial charge is 0.267 e. The van der Waals surface area contributed by atoms with Crippen molar-refractivity contribution in [3.05, 3.63) is 119 Å². The van der Waals surface area contributed by atoms with E-state index in [2.05, 4.69) is 34.5 Å². The summed E-state index contributed by atoms with van der Waals surface area (Å²) in [7, 11) is 1.61. The Labute approximate surface area is 213 Å². The Hall–Kier alpha value is -4.36. The number of rotatable bonds is 7.